The van der Waals surface area contributed by atoms with Crippen LogP contribution < -0.4 is 0 Å². The Morgan fingerprint density at radius 2 is 0.909 bits per heavy atom. The van der Waals surface area contributed by atoms with E-state index < -0.39 is 6.10 Å². The molecule has 0 aromatic heterocycles. The summed E-state index contributed by atoms with van der Waals surface area (Å²) in [5, 5.41) is 9.14. The Balaban J connectivity index is 3.64. The minimum Gasteiger partial charge on any atom is -0.391 e. The summed E-state index contributed by atoms with van der Waals surface area (Å²) in [4.78, 5) is 0. The highest BCUT2D eigenvalue weighted by Crippen LogP contribution is 2.02. The summed E-state index contributed by atoms with van der Waals surface area (Å²) < 4.78 is 27.4. The van der Waals surface area contributed by atoms with Crippen molar-refractivity contribution in [3.8, 4) is 0 Å². The van der Waals surface area contributed by atoms with Crippen LogP contribution in [-0.4, -0.2) is 75.8 Å². The van der Waals surface area contributed by atoms with E-state index in [2.05, 4.69) is 0 Å². The zero-order valence-corrected chi connectivity index (χ0v) is 14.9. The molecule has 0 aliphatic rings. The van der Waals surface area contributed by atoms with Crippen LogP contribution in [-0.2, 0) is 23.7 Å². The number of aliphatic hydroxyl groups excluding tert-OH is 1. The molecule has 0 heterocycles. The summed E-state index contributed by atoms with van der Waals surface area (Å²) in [6.45, 7) is 11.9. The minimum atomic E-state index is -0.454. The molecule has 0 aromatic carbocycles. The van der Waals surface area contributed by atoms with Gasteiger partial charge in [0.2, 0.25) is 0 Å². The Morgan fingerprint density at radius 3 is 1.23 bits per heavy atom. The predicted octanol–water partition coefficient (Wildman–Crippen LogP) is 1.63. The standard InChI is InChI=1S/C16H34O6/c1-12(17)7-19-14(3)9-21-16(5)11-22-15(4)10-20-13(2)8-18-6/h12-17H,7-11H2,1-6H3. The molecule has 0 saturated carbocycles. The van der Waals surface area contributed by atoms with Crippen LogP contribution in [0.25, 0.3) is 0 Å². The highest BCUT2D eigenvalue weighted by molar-refractivity contribution is 4.57. The van der Waals surface area contributed by atoms with Gasteiger partial charge in [-0.05, 0) is 34.6 Å². The largest absolute Gasteiger partial charge is 0.391 e. The Bertz CT molecular complexity index is 249. The number of methoxy groups -OCH3 is 1. The molecule has 0 aliphatic carbocycles. The molecule has 22 heavy (non-hydrogen) atoms. The number of hydrogen-bond acceptors (Lipinski definition) is 6. The van der Waals surface area contributed by atoms with E-state index in [-0.39, 0.29) is 24.4 Å². The van der Waals surface area contributed by atoms with Crippen molar-refractivity contribution in [2.45, 2.75) is 65.1 Å². The van der Waals surface area contributed by atoms with E-state index in [0.717, 1.165) is 0 Å². The Morgan fingerprint density at radius 1 is 0.591 bits per heavy atom. The lowest BCUT2D eigenvalue weighted by Crippen LogP contribution is -2.28. The predicted molar refractivity (Wildman–Crippen MR) is 85.2 cm³/mol. The second kappa shape index (κ2) is 13.2. The van der Waals surface area contributed by atoms with E-state index in [0.29, 0.717) is 33.0 Å². The third-order valence-corrected chi connectivity index (χ3v) is 2.87. The highest BCUT2D eigenvalue weighted by Gasteiger charge is 2.11. The normalized spacial score (nSPS) is 18.7. The van der Waals surface area contributed by atoms with E-state index in [9.17, 15) is 0 Å². The number of rotatable bonds is 14. The summed E-state index contributed by atoms with van der Waals surface area (Å²) in [6, 6.07) is 0. The smallest absolute Gasteiger partial charge is 0.0781 e. The first-order valence-electron chi connectivity index (χ1n) is 7.98. The Hall–Kier alpha value is -0.240. The summed E-state index contributed by atoms with van der Waals surface area (Å²) in [6.07, 6.45) is -0.445. The van der Waals surface area contributed by atoms with Gasteiger partial charge >= 0.3 is 0 Å². The fourth-order valence-corrected chi connectivity index (χ4v) is 1.63. The van der Waals surface area contributed by atoms with E-state index in [1.807, 2.05) is 27.7 Å². The molecule has 134 valence electrons. The lowest BCUT2D eigenvalue weighted by molar-refractivity contribution is -0.0947. The lowest BCUT2D eigenvalue weighted by Gasteiger charge is -2.21. The van der Waals surface area contributed by atoms with Crippen LogP contribution in [0.4, 0.5) is 0 Å². The summed E-state index contributed by atoms with van der Waals surface area (Å²) in [5.74, 6) is 0. The van der Waals surface area contributed by atoms with Gasteiger partial charge in [-0.3, -0.25) is 0 Å². The molecule has 0 aromatic rings. The van der Waals surface area contributed by atoms with Crippen molar-refractivity contribution >= 4 is 0 Å². The molecule has 0 aliphatic heterocycles. The molecule has 0 bridgehead atoms. The average Bonchev–Trinajstić information content (AvgIpc) is 2.46. The molecule has 0 saturated heterocycles. The molecule has 0 rings (SSSR count). The number of ether oxygens (including phenoxy) is 5. The fourth-order valence-electron chi connectivity index (χ4n) is 1.63. The Labute approximate surface area is 135 Å². The maximum atomic E-state index is 9.14. The first kappa shape index (κ1) is 21.8. The van der Waals surface area contributed by atoms with E-state index in [1.54, 1.807) is 14.0 Å². The average molecular weight is 322 g/mol. The second-order valence-electron chi connectivity index (χ2n) is 5.88. The van der Waals surface area contributed by atoms with Gasteiger partial charge in [0.1, 0.15) is 0 Å². The maximum Gasteiger partial charge on any atom is 0.0781 e. The third-order valence-electron chi connectivity index (χ3n) is 2.87. The van der Waals surface area contributed by atoms with Crippen molar-refractivity contribution in [1.82, 2.24) is 0 Å². The van der Waals surface area contributed by atoms with Crippen molar-refractivity contribution in [3.63, 3.8) is 0 Å². The van der Waals surface area contributed by atoms with Crippen molar-refractivity contribution in [1.29, 1.82) is 0 Å². The topological polar surface area (TPSA) is 66.4 Å². The number of hydrogen-bond donors (Lipinski definition) is 1. The molecule has 6 heteroatoms. The maximum absolute atomic E-state index is 9.14. The zero-order chi connectivity index (χ0) is 17.0. The van der Waals surface area contributed by atoms with Gasteiger partial charge in [0.15, 0.2) is 0 Å². The molecule has 0 fully saturated rings. The van der Waals surface area contributed by atoms with Gasteiger partial charge < -0.3 is 28.8 Å². The van der Waals surface area contributed by atoms with Gasteiger partial charge in [-0.25, -0.2) is 0 Å². The van der Waals surface area contributed by atoms with Gasteiger partial charge in [-0.2, -0.15) is 0 Å². The van der Waals surface area contributed by atoms with Crippen molar-refractivity contribution < 1.29 is 28.8 Å². The van der Waals surface area contributed by atoms with Crippen molar-refractivity contribution in [2.24, 2.45) is 0 Å². The monoisotopic (exact) mass is 322 g/mol. The molecule has 0 radical (unpaired) electrons. The molecule has 5 atom stereocenters. The third kappa shape index (κ3) is 13.4. The Kier molecular flexibility index (Phi) is 13.1. The fraction of sp³-hybridized carbons (Fsp3) is 1.00. The summed E-state index contributed by atoms with van der Waals surface area (Å²) in [7, 11) is 1.66. The van der Waals surface area contributed by atoms with E-state index in [1.165, 1.54) is 0 Å². The van der Waals surface area contributed by atoms with Gasteiger partial charge in [0.25, 0.3) is 0 Å². The first-order chi connectivity index (χ1) is 10.3. The highest BCUT2D eigenvalue weighted by atomic mass is 16.6. The molecule has 0 spiro atoms. The van der Waals surface area contributed by atoms with Crippen LogP contribution >= 0.6 is 0 Å². The summed E-state index contributed by atoms with van der Waals surface area (Å²) in [5.41, 5.74) is 0. The van der Waals surface area contributed by atoms with Crippen molar-refractivity contribution in [3.05, 3.63) is 0 Å². The molecule has 0 amide bonds. The van der Waals surface area contributed by atoms with Crippen molar-refractivity contribution in [2.75, 3.05) is 40.1 Å². The quantitative estimate of drug-likeness (QED) is 0.524. The lowest BCUT2D eigenvalue weighted by atomic mass is 10.3. The van der Waals surface area contributed by atoms with Crippen LogP contribution in [0.1, 0.15) is 34.6 Å². The molecular formula is C16H34O6. The van der Waals surface area contributed by atoms with E-state index in [4.69, 9.17) is 28.8 Å². The van der Waals surface area contributed by atoms with Gasteiger partial charge in [0, 0.05) is 7.11 Å². The zero-order valence-electron chi connectivity index (χ0n) is 14.9. The molecule has 5 unspecified atom stereocenters. The van der Waals surface area contributed by atoms with E-state index >= 15 is 0 Å². The van der Waals surface area contributed by atoms with Crippen LogP contribution in [0.15, 0.2) is 0 Å². The molecule has 6 nitrogen and oxygen atoms in total. The van der Waals surface area contributed by atoms with Gasteiger partial charge in [-0.1, -0.05) is 0 Å². The summed E-state index contributed by atoms with van der Waals surface area (Å²) >= 11 is 0. The van der Waals surface area contributed by atoms with Gasteiger partial charge in [0.05, 0.1) is 63.6 Å². The minimum absolute atomic E-state index is 0.00858. The van der Waals surface area contributed by atoms with Gasteiger partial charge in [-0.15, -0.1) is 0 Å². The van der Waals surface area contributed by atoms with Crippen LogP contribution in [0, 0.1) is 0 Å². The van der Waals surface area contributed by atoms with Crippen LogP contribution in [0.2, 0.25) is 0 Å². The SMILES string of the molecule is COCC(C)OCC(C)OCC(C)OCC(C)OCC(C)O. The number of aliphatic hydroxyl groups is 1. The molecule has 1 N–H and O–H groups in total. The first-order valence-corrected chi connectivity index (χ1v) is 7.98. The molecular weight excluding hydrogens is 288 g/mol. The van der Waals surface area contributed by atoms with Crippen LogP contribution in [0.3, 0.4) is 0 Å². The van der Waals surface area contributed by atoms with Crippen LogP contribution in [0.5, 0.6) is 0 Å². The second-order valence-corrected chi connectivity index (χ2v) is 5.88.